The van der Waals surface area contributed by atoms with Crippen molar-refractivity contribution in [1.29, 1.82) is 0 Å². The van der Waals surface area contributed by atoms with Crippen molar-refractivity contribution in [3.63, 3.8) is 0 Å². The van der Waals surface area contributed by atoms with Gasteiger partial charge in [0.1, 0.15) is 0 Å². The number of rotatable bonds is 2. The number of anilines is 1. The molecule has 0 saturated heterocycles. The molecule has 14 heavy (non-hydrogen) atoms. The fourth-order valence-electron chi connectivity index (χ4n) is 0.950. The number of amides is 1. The highest BCUT2D eigenvalue weighted by Crippen LogP contribution is 2.32. The zero-order chi connectivity index (χ0) is 10.7. The van der Waals surface area contributed by atoms with Crippen LogP contribution in [0.5, 0.6) is 0 Å². The van der Waals surface area contributed by atoms with E-state index in [9.17, 15) is 4.79 Å². The van der Waals surface area contributed by atoms with E-state index in [1.54, 1.807) is 12.1 Å². The van der Waals surface area contributed by atoms with E-state index in [4.69, 9.17) is 23.2 Å². The highest BCUT2D eigenvalue weighted by molar-refractivity contribution is 7.81. The van der Waals surface area contributed by atoms with E-state index in [0.717, 1.165) is 5.56 Å². The number of carbonyl (C=O) groups excluding carboxylic acids is 1. The molecule has 0 spiro atoms. The number of hydrogen-bond donors (Lipinski definition) is 2. The molecule has 0 bridgehead atoms. The standard InChI is InChI=1S/C9H9Cl2NOS/c1-5-2-3-6(10)9(8(5)11)12-7(13)4-14/h2-3,14H,4H2,1H3,(H,12,13). The van der Waals surface area contributed by atoms with Gasteiger partial charge in [-0.25, -0.2) is 0 Å². The Morgan fingerprint density at radius 2 is 2.14 bits per heavy atom. The lowest BCUT2D eigenvalue weighted by atomic mass is 10.2. The van der Waals surface area contributed by atoms with Gasteiger partial charge in [0.15, 0.2) is 0 Å². The van der Waals surface area contributed by atoms with Crippen molar-refractivity contribution in [3.05, 3.63) is 27.7 Å². The van der Waals surface area contributed by atoms with Crippen LogP contribution in [0.15, 0.2) is 12.1 Å². The Balaban J connectivity index is 3.06. The number of thiol groups is 1. The smallest absolute Gasteiger partial charge is 0.234 e. The quantitative estimate of drug-likeness (QED) is 0.775. The second-order valence-electron chi connectivity index (χ2n) is 2.76. The third kappa shape index (κ3) is 2.56. The van der Waals surface area contributed by atoms with E-state index in [2.05, 4.69) is 17.9 Å². The lowest BCUT2D eigenvalue weighted by Gasteiger charge is -2.09. The van der Waals surface area contributed by atoms with Gasteiger partial charge < -0.3 is 5.32 Å². The van der Waals surface area contributed by atoms with Gasteiger partial charge in [-0.15, -0.1) is 0 Å². The lowest BCUT2D eigenvalue weighted by Crippen LogP contribution is -2.13. The van der Waals surface area contributed by atoms with Crippen molar-refractivity contribution < 1.29 is 4.79 Å². The molecule has 0 fully saturated rings. The molecule has 0 aliphatic carbocycles. The first kappa shape index (κ1) is 11.7. The molecule has 0 aromatic heterocycles. The topological polar surface area (TPSA) is 29.1 Å². The van der Waals surface area contributed by atoms with Crippen LogP contribution in [0.1, 0.15) is 5.56 Å². The molecule has 76 valence electrons. The number of nitrogens with one attached hydrogen (secondary N) is 1. The Bertz CT molecular complexity index is 368. The second kappa shape index (κ2) is 4.91. The minimum atomic E-state index is -0.234. The molecule has 1 amide bonds. The normalized spacial score (nSPS) is 10.0. The van der Waals surface area contributed by atoms with Gasteiger partial charge in [0.2, 0.25) is 5.91 Å². The fourth-order valence-corrected chi connectivity index (χ4v) is 1.49. The van der Waals surface area contributed by atoms with Gasteiger partial charge in [-0.1, -0.05) is 29.3 Å². The van der Waals surface area contributed by atoms with Gasteiger partial charge in [-0.3, -0.25) is 4.79 Å². The van der Waals surface area contributed by atoms with Crippen molar-refractivity contribution in [2.24, 2.45) is 0 Å². The first-order valence-corrected chi connectivity index (χ1v) is 5.30. The summed E-state index contributed by atoms with van der Waals surface area (Å²) in [6.07, 6.45) is 0. The Morgan fingerprint density at radius 3 is 2.71 bits per heavy atom. The Labute approximate surface area is 98.0 Å². The van der Waals surface area contributed by atoms with Crippen LogP contribution in [0.4, 0.5) is 5.69 Å². The molecule has 0 aliphatic heterocycles. The summed E-state index contributed by atoms with van der Waals surface area (Å²) in [5, 5.41) is 3.48. The van der Waals surface area contributed by atoms with E-state index in [1.165, 1.54) is 0 Å². The van der Waals surface area contributed by atoms with Crippen molar-refractivity contribution in [3.8, 4) is 0 Å². The molecule has 0 heterocycles. The predicted octanol–water partition coefficient (Wildman–Crippen LogP) is 3.17. The summed E-state index contributed by atoms with van der Waals surface area (Å²) in [6, 6.07) is 3.48. The monoisotopic (exact) mass is 249 g/mol. The molecular formula is C9H9Cl2NOS. The predicted molar refractivity (Wildman–Crippen MR) is 63.7 cm³/mol. The summed E-state index contributed by atoms with van der Waals surface area (Å²) in [7, 11) is 0. The van der Waals surface area contributed by atoms with Crippen molar-refractivity contribution >= 4 is 47.4 Å². The Morgan fingerprint density at radius 1 is 1.50 bits per heavy atom. The number of hydrogen-bond acceptors (Lipinski definition) is 2. The van der Waals surface area contributed by atoms with Gasteiger partial charge in [0.05, 0.1) is 21.5 Å². The van der Waals surface area contributed by atoms with Crippen LogP contribution in [0, 0.1) is 6.92 Å². The average molecular weight is 250 g/mol. The highest BCUT2D eigenvalue weighted by Gasteiger charge is 2.10. The second-order valence-corrected chi connectivity index (χ2v) is 3.86. The van der Waals surface area contributed by atoms with Gasteiger partial charge >= 0.3 is 0 Å². The molecule has 0 saturated carbocycles. The largest absolute Gasteiger partial charge is 0.323 e. The van der Waals surface area contributed by atoms with Crippen molar-refractivity contribution in [2.75, 3.05) is 11.1 Å². The molecular weight excluding hydrogens is 241 g/mol. The summed E-state index contributed by atoms with van der Waals surface area (Å²) >= 11 is 15.7. The van der Waals surface area contributed by atoms with Gasteiger partial charge in [-0.2, -0.15) is 12.6 Å². The third-order valence-corrected chi connectivity index (χ3v) is 2.78. The Kier molecular flexibility index (Phi) is 4.11. The van der Waals surface area contributed by atoms with E-state index in [1.807, 2.05) is 6.92 Å². The van der Waals surface area contributed by atoms with Crippen LogP contribution in [0.25, 0.3) is 0 Å². The van der Waals surface area contributed by atoms with Crippen LogP contribution in [0.3, 0.4) is 0 Å². The summed E-state index contributed by atoms with van der Waals surface area (Å²) in [4.78, 5) is 11.1. The van der Waals surface area contributed by atoms with E-state index in [0.29, 0.717) is 15.7 Å². The van der Waals surface area contributed by atoms with Crippen LogP contribution in [-0.2, 0) is 4.79 Å². The summed E-state index contributed by atoms with van der Waals surface area (Å²) in [5.41, 5.74) is 1.32. The number of benzene rings is 1. The van der Waals surface area contributed by atoms with Crippen LogP contribution < -0.4 is 5.32 Å². The molecule has 0 atom stereocenters. The molecule has 1 N–H and O–H groups in total. The summed E-state index contributed by atoms with van der Waals surface area (Å²) in [5.74, 6) is -0.136. The first-order chi connectivity index (χ1) is 6.56. The van der Waals surface area contributed by atoms with Crippen LogP contribution in [-0.4, -0.2) is 11.7 Å². The van der Waals surface area contributed by atoms with Crippen molar-refractivity contribution in [1.82, 2.24) is 0 Å². The summed E-state index contributed by atoms with van der Waals surface area (Å²) < 4.78 is 0. The zero-order valence-corrected chi connectivity index (χ0v) is 9.88. The average Bonchev–Trinajstić information content (AvgIpc) is 2.18. The molecule has 1 rings (SSSR count). The first-order valence-electron chi connectivity index (χ1n) is 3.91. The molecule has 5 heteroatoms. The maximum Gasteiger partial charge on any atom is 0.234 e. The summed E-state index contributed by atoms with van der Waals surface area (Å²) in [6.45, 7) is 1.84. The number of aryl methyl sites for hydroxylation is 1. The van der Waals surface area contributed by atoms with E-state index < -0.39 is 0 Å². The van der Waals surface area contributed by atoms with Crippen LogP contribution in [0.2, 0.25) is 10.0 Å². The SMILES string of the molecule is Cc1ccc(Cl)c(NC(=O)CS)c1Cl. The molecule has 0 radical (unpaired) electrons. The molecule has 1 aromatic carbocycles. The van der Waals surface area contributed by atoms with E-state index >= 15 is 0 Å². The molecule has 0 aliphatic rings. The minimum Gasteiger partial charge on any atom is -0.323 e. The number of halogens is 2. The fraction of sp³-hybridized carbons (Fsp3) is 0.222. The minimum absolute atomic E-state index is 0.0978. The lowest BCUT2D eigenvalue weighted by molar-refractivity contribution is -0.113. The van der Waals surface area contributed by atoms with Gasteiger partial charge in [0, 0.05) is 0 Å². The van der Waals surface area contributed by atoms with Gasteiger partial charge in [0.25, 0.3) is 0 Å². The molecule has 0 unspecified atom stereocenters. The third-order valence-electron chi connectivity index (χ3n) is 1.69. The maximum atomic E-state index is 11.1. The molecule has 2 nitrogen and oxygen atoms in total. The molecule has 1 aromatic rings. The maximum absolute atomic E-state index is 11.1. The Hall–Kier alpha value is -0.380. The number of carbonyl (C=O) groups is 1. The zero-order valence-electron chi connectivity index (χ0n) is 7.47. The highest BCUT2D eigenvalue weighted by atomic mass is 35.5. The van der Waals surface area contributed by atoms with Crippen molar-refractivity contribution in [2.45, 2.75) is 6.92 Å². The van der Waals surface area contributed by atoms with Crippen LogP contribution >= 0.6 is 35.8 Å². The van der Waals surface area contributed by atoms with Gasteiger partial charge in [-0.05, 0) is 18.6 Å². The van der Waals surface area contributed by atoms with E-state index in [-0.39, 0.29) is 11.7 Å².